The van der Waals surface area contributed by atoms with Crippen LogP contribution in [0.2, 0.25) is 0 Å². The molecule has 1 aromatic rings. The van der Waals surface area contributed by atoms with Gasteiger partial charge in [0.15, 0.2) is 0 Å². The average molecular weight is 263 g/mol. The first-order chi connectivity index (χ1) is 9.10. The highest BCUT2D eigenvalue weighted by atomic mass is 15.3. The smallest absolute Gasteiger partial charge is 0.210 e. The van der Waals surface area contributed by atoms with Gasteiger partial charge in [0.25, 0.3) is 0 Å². The molecule has 106 valence electrons. The molecule has 19 heavy (non-hydrogen) atoms. The van der Waals surface area contributed by atoms with E-state index >= 15 is 0 Å². The third kappa shape index (κ3) is 4.79. The topological polar surface area (TPSA) is 65.7 Å². The highest BCUT2D eigenvalue weighted by Crippen LogP contribution is 2.17. The van der Waals surface area contributed by atoms with Gasteiger partial charge in [-0.05, 0) is 52.0 Å². The fourth-order valence-corrected chi connectivity index (χ4v) is 1.84. The van der Waals surface area contributed by atoms with Crippen molar-refractivity contribution in [3.63, 3.8) is 0 Å². The van der Waals surface area contributed by atoms with Crippen molar-refractivity contribution >= 4 is 17.3 Å². The van der Waals surface area contributed by atoms with Crippen LogP contribution in [0.15, 0.2) is 29.3 Å². The van der Waals surface area contributed by atoms with E-state index in [2.05, 4.69) is 46.6 Å². The second-order valence-corrected chi connectivity index (χ2v) is 4.56. The SMILES string of the molecule is CCN(CC)c1ccc(NC(=NC(C)C)NN)cc1. The van der Waals surface area contributed by atoms with Gasteiger partial charge in [-0.2, -0.15) is 0 Å². The molecule has 0 atom stereocenters. The van der Waals surface area contributed by atoms with Crippen LogP contribution in [0.3, 0.4) is 0 Å². The van der Waals surface area contributed by atoms with Crippen molar-refractivity contribution < 1.29 is 0 Å². The Kier molecular flexibility index (Phi) is 6.15. The molecule has 1 aromatic carbocycles. The lowest BCUT2D eigenvalue weighted by molar-refractivity contribution is 0.819. The molecular formula is C14H25N5. The molecule has 0 heterocycles. The summed E-state index contributed by atoms with van der Waals surface area (Å²) >= 11 is 0. The zero-order valence-corrected chi connectivity index (χ0v) is 12.3. The second-order valence-electron chi connectivity index (χ2n) is 4.56. The van der Waals surface area contributed by atoms with E-state index in [4.69, 9.17) is 5.84 Å². The van der Waals surface area contributed by atoms with Crippen molar-refractivity contribution in [3.8, 4) is 0 Å². The van der Waals surface area contributed by atoms with E-state index in [1.54, 1.807) is 0 Å². The first-order valence-electron chi connectivity index (χ1n) is 6.77. The van der Waals surface area contributed by atoms with Crippen molar-refractivity contribution in [2.45, 2.75) is 33.7 Å². The minimum atomic E-state index is 0.188. The van der Waals surface area contributed by atoms with Crippen LogP contribution >= 0.6 is 0 Å². The number of hydrogen-bond acceptors (Lipinski definition) is 3. The standard InChI is InChI=1S/C14H25N5/c1-5-19(6-2)13-9-7-12(8-10-13)17-14(18-15)16-11(3)4/h7-11H,5-6,15H2,1-4H3,(H2,16,17,18). The number of nitrogens with one attached hydrogen (secondary N) is 2. The van der Waals surface area contributed by atoms with Gasteiger partial charge in [0, 0.05) is 30.5 Å². The molecular weight excluding hydrogens is 238 g/mol. The van der Waals surface area contributed by atoms with Crippen molar-refractivity contribution in [3.05, 3.63) is 24.3 Å². The lowest BCUT2D eigenvalue weighted by Crippen LogP contribution is -2.36. The van der Waals surface area contributed by atoms with Gasteiger partial charge >= 0.3 is 0 Å². The Labute approximate surface area is 115 Å². The molecule has 0 aliphatic rings. The number of nitrogens with two attached hydrogens (primary N) is 1. The van der Waals surface area contributed by atoms with Crippen LogP contribution in [0.5, 0.6) is 0 Å². The summed E-state index contributed by atoms with van der Waals surface area (Å²) in [5, 5.41) is 3.16. The van der Waals surface area contributed by atoms with Gasteiger partial charge in [-0.15, -0.1) is 0 Å². The predicted molar refractivity (Wildman–Crippen MR) is 83.5 cm³/mol. The molecule has 0 radical (unpaired) electrons. The van der Waals surface area contributed by atoms with Gasteiger partial charge in [0.1, 0.15) is 0 Å². The quantitative estimate of drug-likeness (QED) is 0.330. The van der Waals surface area contributed by atoms with E-state index in [-0.39, 0.29) is 6.04 Å². The summed E-state index contributed by atoms with van der Waals surface area (Å²) in [6.07, 6.45) is 0. The lowest BCUT2D eigenvalue weighted by atomic mass is 10.2. The maximum Gasteiger partial charge on any atom is 0.210 e. The van der Waals surface area contributed by atoms with Crippen LogP contribution < -0.4 is 21.5 Å². The fraction of sp³-hybridized carbons (Fsp3) is 0.500. The van der Waals surface area contributed by atoms with Crippen LogP contribution in [0, 0.1) is 0 Å². The van der Waals surface area contributed by atoms with E-state index in [0.717, 1.165) is 18.8 Å². The summed E-state index contributed by atoms with van der Waals surface area (Å²) < 4.78 is 0. The predicted octanol–water partition coefficient (Wildman–Crippen LogP) is 2.17. The largest absolute Gasteiger partial charge is 0.372 e. The van der Waals surface area contributed by atoms with E-state index in [0.29, 0.717) is 5.96 Å². The Morgan fingerprint density at radius 1 is 1.21 bits per heavy atom. The number of rotatable bonds is 5. The Hall–Kier alpha value is -1.75. The van der Waals surface area contributed by atoms with Gasteiger partial charge in [0.2, 0.25) is 5.96 Å². The van der Waals surface area contributed by atoms with E-state index in [9.17, 15) is 0 Å². The third-order valence-electron chi connectivity index (χ3n) is 2.78. The number of aliphatic imine (C=N–C) groups is 1. The van der Waals surface area contributed by atoms with Crippen LogP contribution in [0.4, 0.5) is 11.4 Å². The number of nitrogens with zero attached hydrogens (tertiary/aromatic N) is 2. The maximum atomic E-state index is 5.44. The number of benzene rings is 1. The van der Waals surface area contributed by atoms with E-state index < -0.39 is 0 Å². The van der Waals surface area contributed by atoms with Gasteiger partial charge in [0.05, 0.1) is 0 Å². The van der Waals surface area contributed by atoms with Gasteiger partial charge in [-0.3, -0.25) is 5.43 Å². The Morgan fingerprint density at radius 2 is 1.79 bits per heavy atom. The van der Waals surface area contributed by atoms with Gasteiger partial charge in [-0.25, -0.2) is 10.8 Å². The molecule has 4 N–H and O–H groups in total. The van der Waals surface area contributed by atoms with Crippen LogP contribution in [-0.2, 0) is 0 Å². The zero-order valence-electron chi connectivity index (χ0n) is 12.3. The minimum Gasteiger partial charge on any atom is -0.372 e. The minimum absolute atomic E-state index is 0.188. The number of guanidine groups is 1. The number of hydrogen-bond donors (Lipinski definition) is 3. The summed E-state index contributed by atoms with van der Waals surface area (Å²) in [5.74, 6) is 6.01. The van der Waals surface area contributed by atoms with Crippen LogP contribution in [0.25, 0.3) is 0 Å². The highest BCUT2D eigenvalue weighted by Gasteiger charge is 2.03. The molecule has 0 bridgehead atoms. The van der Waals surface area contributed by atoms with E-state index in [1.165, 1.54) is 5.69 Å². The van der Waals surface area contributed by atoms with Crippen molar-refractivity contribution in [2.75, 3.05) is 23.3 Å². The zero-order chi connectivity index (χ0) is 14.3. The molecule has 0 amide bonds. The first kappa shape index (κ1) is 15.3. The van der Waals surface area contributed by atoms with Crippen molar-refractivity contribution in [2.24, 2.45) is 10.8 Å². The lowest BCUT2D eigenvalue weighted by Gasteiger charge is -2.21. The average Bonchev–Trinajstić information content (AvgIpc) is 2.40. The fourth-order valence-electron chi connectivity index (χ4n) is 1.84. The molecule has 5 nitrogen and oxygen atoms in total. The third-order valence-corrected chi connectivity index (χ3v) is 2.78. The second kappa shape index (κ2) is 7.63. The Bertz CT molecular complexity index is 393. The van der Waals surface area contributed by atoms with E-state index in [1.807, 2.05) is 26.0 Å². The molecule has 0 saturated carbocycles. The van der Waals surface area contributed by atoms with Crippen LogP contribution in [-0.4, -0.2) is 25.1 Å². The Balaban J connectivity index is 2.76. The molecule has 5 heteroatoms. The monoisotopic (exact) mass is 263 g/mol. The summed E-state index contributed by atoms with van der Waals surface area (Å²) in [6.45, 7) is 10.3. The first-order valence-corrected chi connectivity index (χ1v) is 6.77. The van der Waals surface area contributed by atoms with Crippen molar-refractivity contribution in [1.29, 1.82) is 0 Å². The molecule has 1 rings (SSSR count). The normalized spacial score (nSPS) is 11.6. The molecule has 0 aliphatic heterocycles. The Morgan fingerprint density at radius 3 is 2.21 bits per heavy atom. The highest BCUT2D eigenvalue weighted by molar-refractivity contribution is 5.93. The molecule has 0 unspecified atom stereocenters. The maximum absolute atomic E-state index is 5.44. The number of anilines is 2. The number of hydrazine groups is 1. The molecule has 0 fully saturated rings. The summed E-state index contributed by atoms with van der Waals surface area (Å²) in [7, 11) is 0. The summed E-state index contributed by atoms with van der Waals surface area (Å²) in [5.41, 5.74) is 4.76. The molecule has 0 spiro atoms. The van der Waals surface area contributed by atoms with Crippen molar-refractivity contribution in [1.82, 2.24) is 5.43 Å². The van der Waals surface area contributed by atoms with Gasteiger partial charge < -0.3 is 10.2 Å². The van der Waals surface area contributed by atoms with Gasteiger partial charge in [-0.1, -0.05) is 0 Å². The molecule has 0 saturated heterocycles. The summed E-state index contributed by atoms with van der Waals surface area (Å²) in [6, 6.07) is 8.44. The molecule has 0 aromatic heterocycles. The summed E-state index contributed by atoms with van der Waals surface area (Å²) in [4.78, 5) is 6.64. The molecule has 0 aliphatic carbocycles. The van der Waals surface area contributed by atoms with Crippen LogP contribution in [0.1, 0.15) is 27.7 Å².